The van der Waals surface area contributed by atoms with Crippen molar-refractivity contribution >= 4 is 5.78 Å². The Kier molecular flexibility index (Phi) is 6.15. The molecule has 0 saturated heterocycles. The van der Waals surface area contributed by atoms with E-state index in [0.29, 0.717) is 22.5 Å². The summed E-state index contributed by atoms with van der Waals surface area (Å²) in [7, 11) is 0. The van der Waals surface area contributed by atoms with Gasteiger partial charge >= 0.3 is 0 Å². The van der Waals surface area contributed by atoms with Crippen LogP contribution in [0.3, 0.4) is 0 Å². The van der Waals surface area contributed by atoms with Gasteiger partial charge in [-0.15, -0.1) is 0 Å². The molecule has 0 N–H and O–H groups in total. The van der Waals surface area contributed by atoms with Crippen LogP contribution >= 0.6 is 0 Å². The molecule has 168 valence electrons. The van der Waals surface area contributed by atoms with E-state index in [1.165, 1.54) is 50.5 Å². The number of hydrogen-bond acceptors (Lipinski definition) is 1. The molecule has 0 spiro atoms. The minimum atomic E-state index is 0.313. The highest BCUT2D eigenvalue weighted by Gasteiger charge is 2.59. The first-order valence-corrected chi connectivity index (χ1v) is 13.1. The topological polar surface area (TPSA) is 17.1 Å². The molecular formula is C29H46O. The summed E-state index contributed by atoms with van der Waals surface area (Å²) in [4.78, 5) is 12.1. The van der Waals surface area contributed by atoms with Gasteiger partial charge in [-0.25, -0.2) is 0 Å². The molecule has 0 amide bonds. The van der Waals surface area contributed by atoms with Gasteiger partial charge in [-0.3, -0.25) is 4.79 Å². The second-order valence-corrected chi connectivity index (χ2v) is 12.3. The molecule has 0 aromatic carbocycles. The molecule has 0 radical (unpaired) electrons. The van der Waals surface area contributed by atoms with Crippen LogP contribution in [-0.2, 0) is 4.79 Å². The number of carbonyl (C=O) groups excluding carboxylic acids is 1. The highest BCUT2D eigenvalue weighted by molar-refractivity contribution is 5.91. The van der Waals surface area contributed by atoms with E-state index in [4.69, 9.17) is 0 Å². The molecule has 0 bridgehead atoms. The molecule has 1 unspecified atom stereocenters. The van der Waals surface area contributed by atoms with Gasteiger partial charge in [0.25, 0.3) is 0 Å². The number of ketones is 1. The lowest BCUT2D eigenvalue weighted by atomic mass is 9.46. The van der Waals surface area contributed by atoms with Crippen LogP contribution < -0.4 is 0 Å². The van der Waals surface area contributed by atoms with Crippen molar-refractivity contribution < 1.29 is 4.79 Å². The maximum absolute atomic E-state index is 12.1. The Morgan fingerprint density at radius 2 is 1.77 bits per heavy atom. The quantitative estimate of drug-likeness (QED) is 0.419. The van der Waals surface area contributed by atoms with Crippen LogP contribution in [0.1, 0.15) is 99.3 Å². The summed E-state index contributed by atoms with van der Waals surface area (Å²) in [6, 6.07) is 0. The molecule has 0 aromatic heterocycles. The summed E-state index contributed by atoms with van der Waals surface area (Å²) in [6.45, 7) is 14.7. The number of allylic oxidation sites excluding steroid dienone is 3. The van der Waals surface area contributed by atoms with Gasteiger partial charge in [-0.2, -0.15) is 0 Å². The second kappa shape index (κ2) is 8.25. The highest BCUT2D eigenvalue weighted by atomic mass is 16.1. The molecule has 30 heavy (non-hydrogen) atoms. The maximum Gasteiger partial charge on any atom is 0.155 e. The molecule has 1 heteroatoms. The number of carbonyl (C=O) groups is 1. The zero-order valence-electron chi connectivity index (χ0n) is 20.5. The SMILES string of the molecule is CC[C@H](/C=C/[C@@H](C)C1CC[C@H]2[C@@H]3CCC4=CC(=O)CC[C@]4(C)[C@H]3CC[C@]12C)C(C)C. The zero-order chi connectivity index (χ0) is 21.7. The summed E-state index contributed by atoms with van der Waals surface area (Å²) in [5.41, 5.74) is 2.34. The fourth-order valence-corrected chi connectivity index (χ4v) is 8.75. The van der Waals surface area contributed by atoms with Crippen molar-refractivity contribution in [2.45, 2.75) is 99.3 Å². The van der Waals surface area contributed by atoms with Crippen LogP contribution in [0.4, 0.5) is 0 Å². The van der Waals surface area contributed by atoms with Gasteiger partial charge in [0.15, 0.2) is 5.78 Å². The third kappa shape index (κ3) is 3.57. The second-order valence-electron chi connectivity index (χ2n) is 12.3. The van der Waals surface area contributed by atoms with Gasteiger partial charge in [0, 0.05) is 6.42 Å². The minimum Gasteiger partial charge on any atom is -0.295 e. The van der Waals surface area contributed by atoms with E-state index in [0.717, 1.165) is 48.3 Å². The molecule has 4 rings (SSSR count). The Bertz CT molecular complexity index is 714. The molecule has 0 aliphatic heterocycles. The monoisotopic (exact) mass is 410 g/mol. The smallest absolute Gasteiger partial charge is 0.155 e. The van der Waals surface area contributed by atoms with Crippen LogP contribution in [0.25, 0.3) is 0 Å². The zero-order valence-corrected chi connectivity index (χ0v) is 20.5. The molecular weight excluding hydrogens is 364 g/mol. The van der Waals surface area contributed by atoms with Crippen molar-refractivity contribution in [3.8, 4) is 0 Å². The normalized spacial score (nSPS) is 43.2. The van der Waals surface area contributed by atoms with Crippen molar-refractivity contribution in [2.24, 2.45) is 52.3 Å². The van der Waals surface area contributed by atoms with Gasteiger partial charge in [0.2, 0.25) is 0 Å². The third-order valence-electron chi connectivity index (χ3n) is 10.7. The highest BCUT2D eigenvalue weighted by Crippen LogP contribution is 2.67. The molecule has 4 aliphatic carbocycles. The van der Waals surface area contributed by atoms with Gasteiger partial charge < -0.3 is 0 Å². The average molecular weight is 411 g/mol. The molecule has 3 saturated carbocycles. The van der Waals surface area contributed by atoms with E-state index in [1.54, 1.807) is 0 Å². The Hall–Kier alpha value is -0.850. The van der Waals surface area contributed by atoms with E-state index in [1.807, 2.05) is 0 Å². The van der Waals surface area contributed by atoms with E-state index in [9.17, 15) is 4.79 Å². The lowest BCUT2D eigenvalue weighted by Gasteiger charge is -2.58. The third-order valence-corrected chi connectivity index (χ3v) is 10.7. The Morgan fingerprint density at radius 1 is 1.00 bits per heavy atom. The van der Waals surface area contributed by atoms with Crippen LogP contribution in [0.5, 0.6) is 0 Å². The minimum absolute atomic E-state index is 0.313. The van der Waals surface area contributed by atoms with Gasteiger partial charge in [0.1, 0.15) is 0 Å². The summed E-state index contributed by atoms with van der Waals surface area (Å²) < 4.78 is 0. The van der Waals surface area contributed by atoms with Gasteiger partial charge in [0.05, 0.1) is 0 Å². The fourth-order valence-electron chi connectivity index (χ4n) is 8.75. The summed E-state index contributed by atoms with van der Waals surface area (Å²) in [5, 5.41) is 0. The maximum atomic E-state index is 12.1. The molecule has 1 nitrogen and oxygen atoms in total. The van der Waals surface area contributed by atoms with Gasteiger partial charge in [-0.1, -0.05) is 59.3 Å². The Labute approximate surface area is 186 Å². The van der Waals surface area contributed by atoms with E-state index in [-0.39, 0.29) is 0 Å². The van der Waals surface area contributed by atoms with E-state index in [2.05, 4.69) is 59.8 Å². The van der Waals surface area contributed by atoms with Crippen molar-refractivity contribution in [2.75, 3.05) is 0 Å². The van der Waals surface area contributed by atoms with Crippen LogP contribution in [0.15, 0.2) is 23.8 Å². The van der Waals surface area contributed by atoms with Crippen molar-refractivity contribution in [1.29, 1.82) is 0 Å². The number of hydrogen-bond donors (Lipinski definition) is 0. The lowest BCUT2D eigenvalue weighted by Crippen LogP contribution is -2.50. The number of rotatable bonds is 5. The molecule has 0 aromatic rings. The summed E-state index contributed by atoms with van der Waals surface area (Å²) in [6.07, 6.45) is 18.5. The first-order valence-electron chi connectivity index (χ1n) is 13.1. The van der Waals surface area contributed by atoms with Crippen molar-refractivity contribution in [3.63, 3.8) is 0 Å². The number of fused-ring (bicyclic) bond motifs is 5. The average Bonchev–Trinajstić information content (AvgIpc) is 3.06. The largest absolute Gasteiger partial charge is 0.295 e. The van der Waals surface area contributed by atoms with Crippen LogP contribution in [-0.4, -0.2) is 5.78 Å². The predicted molar refractivity (Wildman–Crippen MR) is 127 cm³/mol. The Morgan fingerprint density at radius 3 is 2.47 bits per heavy atom. The first-order chi connectivity index (χ1) is 14.2. The van der Waals surface area contributed by atoms with Crippen LogP contribution in [0.2, 0.25) is 0 Å². The standard InChI is InChI=1S/C29H46O/c1-7-21(19(2)3)9-8-20(4)25-12-13-26-24-11-10-22-18-23(30)14-16-28(22,5)27(24)15-17-29(25,26)6/h8-9,18-21,24-27H,7,10-17H2,1-6H3/b9-8+/t20-,21-,24+,25?,26+,27+,28+,29-/m1/s1. The fraction of sp³-hybridized carbons (Fsp3) is 0.828. The van der Waals surface area contributed by atoms with Crippen molar-refractivity contribution in [1.82, 2.24) is 0 Å². The Balaban J connectivity index is 1.52. The predicted octanol–water partition coefficient (Wildman–Crippen LogP) is 8.01. The molecule has 3 fully saturated rings. The first kappa shape index (κ1) is 22.3. The molecule has 0 heterocycles. The van der Waals surface area contributed by atoms with E-state index < -0.39 is 0 Å². The summed E-state index contributed by atoms with van der Waals surface area (Å²) in [5.74, 6) is 6.01. The van der Waals surface area contributed by atoms with Crippen LogP contribution in [0, 0.1) is 52.3 Å². The van der Waals surface area contributed by atoms with Gasteiger partial charge in [-0.05, 0) is 110 Å². The van der Waals surface area contributed by atoms with Crippen molar-refractivity contribution in [3.05, 3.63) is 23.8 Å². The molecule has 4 aliphatic rings. The van der Waals surface area contributed by atoms with E-state index >= 15 is 0 Å². The lowest BCUT2D eigenvalue weighted by molar-refractivity contribution is -0.117. The summed E-state index contributed by atoms with van der Waals surface area (Å²) >= 11 is 0. The molecule has 8 atom stereocenters.